The Morgan fingerprint density at radius 3 is 2.67 bits per heavy atom. The lowest BCUT2D eigenvalue weighted by molar-refractivity contribution is -0.142. The molecule has 2 aromatic rings. The molecule has 1 heterocycles. The number of rotatable bonds is 6. The number of hydrogen-bond acceptors (Lipinski definition) is 5. The van der Waals surface area contributed by atoms with E-state index in [0.29, 0.717) is 23.6 Å². The molecule has 0 spiro atoms. The Kier molecular flexibility index (Phi) is 5.76. The zero-order valence-electron chi connectivity index (χ0n) is 15.3. The van der Waals surface area contributed by atoms with E-state index >= 15 is 0 Å². The fourth-order valence-electron chi connectivity index (χ4n) is 3.06. The lowest BCUT2D eigenvalue weighted by Gasteiger charge is -2.16. The maximum atomic E-state index is 12.4. The second-order valence-electron chi connectivity index (χ2n) is 5.95. The van der Waals surface area contributed by atoms with E-state index in [2.05, 4.69) is 0 Å². The third-order valence-corrected chi connectivity index (χ3v) is 4.36. The van der Waals surface area contributed by atoms with Crippen molar-refractivity contribution >= 4 is 23.6 Å². The molecule has 1 aliphatic rings. The summed E-state index contributed by atoms with van der Waals surface area (Å²) in [5.41, 5.74) is 2.69. The van der Waals surface area contributed by atoms with Crippen LogP contribution in [0.15, 0.2) is 48.5 Å². The summed E-state index contributed by atoms with van der Waals surface area (Å²) in [6.07, 6.45) is 3.65. The highest BCUT2D eigenvalue weighted by Gasteiger charge is 2.24. The number of esters is 1. The number of amides is 1. The van der Waals surface area contributed by atoms with Crippen molar-refractivity contribution in [3.8, 4) is 11.5 Å². The Bertz CT molecular complexity index is 875. The summed E-state index contributed by atoms with van der Waals surface area (Å²) in [4.78, 5) is 26.0. The molecule has 3 rings (SSSR count). The molecule has 0 saturated heterocycles. The predicted molar refractivity (Wildman–Crippen MR) is 102 cm³/mol. The maximum Gasteiger partial charge on any atom is 0.331 e. The van der Waals surface area contributed by atoms with Gasteiger partial charge in [0.05, 0.1) is 14.2 Å². The molecule has 0 saturated carbocycles. The second-order valence-corrected chi connectivity index (χ2v) is 5.95. The van der Waals surface area contributed by atoms with E-state index in [9.17, 15) is 9.59 Å². The maximum absolute atomic E-state index is 12.4. The van der Waals surface area contributed by atoms with Crippen LogP contribution in [-0.2, 0) is 20.7 Å². The lowest BCUT2D eigenvalue weighted by Crippen LogP contribution is -2.33. The Morgan fingerprint density at radius 2 is 1.89 bits per heavy atom. The Balaban J connectivity index is 1.59. The van der Waals surface area contributed by atoms with Gasteiger partial charge in [-0.15, -0.1) is 0 Å². The van der Waals surface area contributed by atoms with Crippen LogP contribution in [0.3, 0.4) is 0 Å². The van der Waals surface area contributed by atoms with E-state index in [4.69, 9.17) is 14.2 Å². The molecule has 0 aliphatic carbocycles. The number of carbonyl (C=O) groups excluding carboxylic acids is 2. The van der Waals surface area contributed by atoms with Gasteiger partial charge in [0.2, 0.25) is 0 Å². The Morgan fingerprint density at radius 1 is 1.07 bits per heavy atom. The van der Waals surface area contributed by atoms with Gasteiger partial charge in [0.1, 0.15) is 0 Å². The SMILES string of the molecule is COc1cccc(C=CC(=O)OCC(=O)N2CCc3ccccc32)c1OC. The summed E-state index contributed by atoms with van der Waals surface area (Å²) < 4.78 is 15.6. The minimum atomic E-state index is -0.597. The summed E-state index contributed by atoms with van der Waals surface area (Å²) in [6, 6.07) is 13.1. The number of carbonyl (C=O) groups is 2. The van der Waals surface area contributed by atoms with E-state index in [1.807, 2.05) is 24.3 Å². The average molecular weight is 367 g/mol. The molecule has 0 N–H and O–H groups in total. The standard InChI is InChI=1S/C21H21NO5/c1-25-18-9-5-7-16(21(18)26-2)10-11-20(24)27-14-19(23)22-13-12-15-6-3-4-8-17(15)22/h3-11H,12-14H2,1-2H3. The van der Waals surface area contributed by atoms with Gasteiger partial charge in [-0.25, -0.2) is 4.79 Å². The molecule has 0 radical (unpaired) electrons. The van der Waals surface area contributed by atoms with Crippen molar-refractivity contribution in [2.75, 3.05) is 32.3 Å². The topological polar surface area (TPSA) is 65.1 Å². The molecule has 27 heavy (non-hydrogen) atoms. The zero-order chi connectivity index (χ0) is 19.2. The minimum absolute atomic E-state index is 0.235. The smallest absolute Gasteiger partial charge is 0.331 e. The van der Waals surface area contributed by atoms with Crippen LogP contribution in [0, 0.1) is 0 Å². The molecular formula is C21H21NO5. The Labute approximate surface area is 158 Å². The highest BCUT2D eigenvalue weighted by Crippen LogP contribution is 2.31. The number of benzene rings is 2. The first kappa shape index (κ1) is 18.5. The number of methoxy groups -OCH3 is 2. The third kappa shape index (κ3) is 4.11. The van der Waals surface area contributed by atoms with Crippen LogP contribution in [0.1, 0.15) is 11.1 Å². The fourth-order valence-corrected chi connectivity index (χ4v) is 3.06. The third-order valence-electron chi connectivity index (χ3n) is 4.36. The van der Waals surface area contributed by atoms with Gasteiger partial charge >= 0.3 is 5.97 Å². The molecule has 0 fully saturated rings. The quantitative estimate of drug-likeness (QED) is 0.580. The van der Waals surface area contributed by atoms with Gasteiger partial charge in [0.15, 0.2) is 18.1 Å². The van der Waals surface area contributed by atoms with Crippen LogP contribution in [0.5, 0.6) is 11.5 Å². The second kappa shape index (κ2) is 8.40. The van der Waals surface area contributed by atoms with Gasteiger partial charge in [-0.05, 0) is 30.2 Å². The van der Waals surface area contributed by atoms with Crippen LogP contribution in [0.25, 0.3) is 6.08 Å². The number of ether oxygens (including phenoxy) is 3. The molecule has 6 heteroatoms. The summed E-state index contributed by atoms with van der Waals surface area (Å²) in [5, 5.41) is 0. The van der Waals surface area contributed by atoms with Crippen molar-refractivity contribution in [2.24, 2.45) is 0 Å². The van der Waals surface area contributed by atoms with Crippen molar-refractivity contribution in [2.45, 2.75) is 6.42 Å². The van der Waals surface area contributed by atoms with E-state index in [1.165, 1.54) is 13.2 Å². The zero-order valence-corrected chi connectivity index (χ0v) is 15.3. The number of fused-ring (bicyclic) bond motifs is 1. The average Bonchev–Trinajstić information content (AvgIpc) is 3.14. The van der Waals surface area contributed by atoms with Crippen molar-refractivity contribution in [1.82, 2.24) is 0 Å². The number of anilines is 1. The monoisotopic (exact) mass is 367 g/mol. The summed E-state index contributed by atoms with van der Waals surface area (Å²) >= 11 is 0. The molecule has 1 aliphatic heterocycles. The lowest BCUT2D eigenvalue weighted by atomic mass is 10.1. The number of hydrogen-bond donors (Lipinski definition) is 0. The van der Waals surface area contributed by atoms with E-state index in [1.54, 1.807) is 36.3 Å². The normalized spacial score (nSPS) is 12.7. The molecule has 0 atom stereocenters. The van der Waals surface area contributed by atoms with Gasteiger partial charge in [-0.1, -0.05) is 30.3 Å². The minimum Gasteiger partial charge on any atom is -0.493 e. The van der Waals surface area contributed by atoms with E-state index in [0.717, 1.165) is 17.7 Å². The molecule has 2 aromatic carbocycles. The Hall–Kier alpha value is -3.28. The van der Waals surface area contributed by atoms with Crippen molar-refractivity contribution in [3.05, 3.63) is 59.7 Å². The van der Waals surface area contributed by atoms with Crippen molar-refractivity contribution in [1.29, 1.82) is 0 Å². The number of para-hydroxylation sites is 2. The van der Waals surface area contributed by atoms with Crippen LogP contribution < -0.4 is 14.4 Å². The highest BCUT2D eigenvalue weighted by molar-refractivity contribution is 5.98. The molecule has 0 aromatic heterocycles. The first-order chi connectivity index (χ1) is 13.1. The highest BCUT2D eigenvalue weighted by atomic mass is 16.5. The molecular weight excluding hydrogens is 346 g/mol. The van der Waals surface area contributed by atoms with Gasteiger partial charge in [-0.3, -0.25) is 4.79 Å². The van der Waals surface area contributed by atoms with E-state index < -0.39 is 5.97 Å². The van der Waals surface area contributed by atoms with E-state index in [-0.39, 0.29) is 12.5 Å². The van der Waals surface area contributed by atoms with Crippen LogP contribution in [-0.4, -0.2) is 39.2 Å². The summed E-state index contributed by atoms with van der Waals surface area (Å²) in [7, 11) is 3.07. The molecule has 6 nitrogen and oxygen atoms in total. The predicted octanol–water partition coefficient (Wildman–Crippen LogP) is 2.85. The van der Waals surface area contributed by atoms with Crippen LogP contribution in [0.2, 0.25) is 0 Å². The van der Waals surface area contributed by atoms with Crippen molar-refractivity contribution < 1.29 is 23.8 Å². The van der Waals surface area contributed by atoms with Crippen molar-refractivity contribution in [3.63, 3.8) is 0 Å². The number of nitrogens with zero attached hydrogens (tertiary/aromatic N) is 1. The molecule has 0 unspecified atom stereocenters. The summed E-state index contributed by atoms with van der Waals surface area (Å²) in [5.74, 6) is 0.256. The van der Waals surface area contributed by atoms with Crippen LogP contribution >= 0.6 is 0 Å². The fraction of sp³-hybridized carbons (Fsp3) is 0.238. The summed E-state index contributed by atoms with van der Waals surface area (Å²) in [6.45, 7) is 0.305. The molecule has 140 valence electrons. The first-order valence-corrected chi connectivity index (χ1v) is 8.58. The van der Waals surface area contributed by atoms with Gasteiger partial charge in [0, 0.05) is 23.9 Å². The van der Waals surface area contributed by atoms with Gasteiger partial charge in [0.25, 0.3) is 5.91 Å². The molecule has 1 amide bonds. The van der Waals surface area contributed by atoms with Gasteiger partial charge < -0.3 is 19.1 Å². The largest absolute Gasteiger partial charge is 0.493 e. The first-order valence-electron chi connectivity index (χ1n) is 8.58. The molecule has 0 bridgehead atoms. The van der Waals surface area contributed by atoms with Crippen LogP contribution in [0.4, 0.5) is 5.69 Å². The van der Waals surface area contributed by atoms with Gasteiger partial charge in [-0.2, -0.15) is 0 Å².